The van der Waals surface area contributed by atoms with E-state index in [2.05, 4.69) is 0 Å². The first-order chi connectivity index (χ1) is 15.9. The topological polar surface area (TPSA) is 76.1 Å². The van der Waals surface area contributed by atoms with Gasteiger partial charge in [-0.25, -0.2) is 0 Å². The third-order valence-corrected chi connectivity index (χ3v) is 6.01. The average Bonchev–Trinajstić information content (AvgIpc) is 3.10. The van der Waals surface area contributed by atoms with Gasteiger partial charge in [0.25, 0.3) is 11.7 Å². The van der Waals surface area contributed by atoms with Gasteiger partial charge in [-0.2, -0.15) is 0 Å². The van der Waals surface area contributed by atoms with Gasteiger partial charge in [-0.3, -0.25) is 14.5 Å². The Bertz CT molecular complexity index is 1280. The number of para-hydroxylation sites is 2. The molecule has 168 valence electrons. The molecule has 1 amide bonds. The van der Waals surface area contributed by atoms with Crippen molar-refractivity contribution in [3.63, 3.8) is 0 Å². The molecule has 3 aromatic carbocycles. The number of benzene rings is 3. The monoisotopic (exact) mass is 443 g/mol. The third-order valence-electron chi connectivity index (χ3n) is 6.01. The molecule has 6 heteroatoms. The van der Waals surface area contributed by atoms with E-state index in [4.69, 9.17) is 9.47 Å². The molecular weight excluding hydrogens is 418 g/mol. The Morgan fingerprint density at radius 3 is 2.15 bits per heavy atom. The van der Waals surface area contributed by atoms with Crippen LogP contribution in [0.1, 0.15) is 28.3 Å². The molecule has 1 atom stereocenters. The number of Topliss-reactive ketones (excluding diaryl/α,β-unsaturated/α-hetero) is 1. The van der Waals surface area contributed by atoms with Crippen molar-refractivity contribution < 1.29 is 24.2 Å². The van der Waals surface area contributed by atoms with Crippen LogP contribution in [-0.2, 0) is 9.59 Å². The normalized spacial score (nSPS) is 17.3. The molecule has 1 aliphatic rings. The summed E-state index contributed by atoms with van der Waals surface area (Å²) in [4.78, 5) is 28.1. The first-order valence-electron chi connectivity index (χ1n) is 10.5. The van der Waals surface area contributed by atoms with E-state index in [1.807, 2.05) is 38.1 Å². The second-order valence-corrected chi connectivity index (χ2v) is 7.88. The number of aliphatic hydroxyl groups excluding tert-OH is 1. The second kappa shape index (κ2) is 8.82. The predicted molar refractivity (Wildman–Crippen MR) is 127 cm³/mol. The van der Waals surface area contributed by atoms with E-state index in [1.54, 1.807) is 42.5 Å². The number of hydrogen-bond acceptors (Lipinski definition) is 5. The number of ether oxygens (including phenoxy) is 2. The third kappa shape index (κ3) is 3.74. The highest BCUT2D eigenvalue weighted by Gasteiger charge is 2.48. The first kappa shape index (κ1) is 22.1. The fraction of sp³-hybridized carbons (Fsp3) is 0.185. The van der Waals surface area contributed by atoms with Crippen molar-refractivity contribution in [1.82, 2.24) is 0 Å². The lowest BCUT2D eigenvalue weighted by atomic mass is 9.94. The number of aliphatic hydroxyl groups is 1. The van der Waals surface area contributed by atoms with E-state index in [9.17, 15) is 14.7 Å². The van der Waals surface area contributed by atoms with Crippen LogP contribution in [0.25, 0.3) is 5.76 Å². The number of anilines is 1. The molecule has 1 N–H and O–H groups in total. The number of nitrogens with zero attached hydrogens (tertiary/aromatic N) is 1. The zero-order chi connectivity index (χ0) is 23.7. The Labute approximate surface area is 192 Å². The highest BCUT2D eigenvalue weighted by Crippen LogP contribution is 2.45. The number of carbonyl (C=O) groups is 2. The minimum atomic E-state index is -0.881. The summed E-state index contributed by atoms with van der Waals surface area (Å²) in [6.45, 7) is 3.93. The molecule has 0 radical (unpaired) electrons. The molecule has 0 bridgehead atoms. The molecule has 0 spiro atoms. The van der Waals surface area contributed by atoms with Crippen molar-refractivity contribution in [2.75, 3.05) is 19.1 Å². The van der Waals surface area contributed by atoms with Crippen molar-refractivity contribution in [2.24, 2.45) is 0 Å². The molecule has 1 heterocycles. The van der Waals surface area contributed by atoms with Crippen LogP contribution >= 0.6 is 0 Å². The van der Waals surface area contributed by atoms with Crippen LogP contribution < -0.4 is 14.4 Å². The van der Waals surface area contributed by atoms with Crippen LogP contribution in [0.3, 0.4) is 0 Å². The predicted octanol–water partition coefficient (Wildman–Crippen LogP) is 4.95. The fourth-order valence-corrected chi connectivity index (χ4v) is 4.15. The van der Waals surface area contributed by atoms with Gasteiger partial charge in [-0.1, -0.05) is 36.4 Å². The maximum Gasteiger partial charge on any atom is 0.300 e. The minimum Gasteiger partial charge on any atom is -0.507 e. The van der Waals surface area contributed by atoms with Crippen molar-refractivity contribution in [3.8, 4) is 11.5 Å². The first-order valence-corrected chi connectivity index (χ1v) is 10.5. The molecule has 1 aliphatic heterocycles. The number of rotatable bonds is 5. The summed E-state index contributed by atoms with van der Waals surface area (Å²) in [5.74, 6) is -0.887. The van der Waals surface area contributed by atoms with Gasteiger partial charge in [0.1, 0.15) is 17.3 Å². The van der Waals surface area contributed by atoms with Gasteiger partial charge in [0.05, 0.1) is 31.4 Å². The number of ketones is 1. The molecule has 0 saturated carbocycles. The lowest BCUT2D eigenvalue weighted by Gasteiger charge is -2.27. The number of hydrogen-bond donors (Lipinski definition) is 1. The molecule has 4 rings (SSSR count). The van der Waals surface area contributed by atoms with Crippen LogP contribution in [0.4, 0.5) is 5.69 Å². The minimum absolute atomic E-state index is 0.0211. The van der Waals surface area contributed by atoms with Crippen LogP contribution in [0.2, 0.25) is 0 Å². The zero-order valence-electron chi connectivity index (χ0n) is 19.0. The number of amides is 1. The van der Waals surface area contributed by atoms with Crippen LogP contribution in [0, 0.1) is 13.8 Å². The van der Waals surface area contributed by atoms with E-state index >= 15 is 0 Å². The molecule has 1 saturated heterocycles. The maximum absolute atomic E-state index is 13.3. The molecule has 1 unspecified atom stereocenters. The van der Waals surface area contributed by atoms with Gasteiger partial charge in [-0.05, 0) is 55.3 Å². The smallest absolute Gasteiger partial charge is 0.300 e. The SMILES string of the molecule is COc1ccccc1/C(O)=C1\C(=O)C(=O)N(c2ccc(C)c(C)c2)C1c1ccccc1OC. The molecule has 3 aromatic rings. The molecular formula is C27H25NO5. The van der Waals surface area contributed by atoms with E-state index in [0.717, 1.165) is 11.1 Å². The fourth-order valence-electron chi connectivity index (χ4n) is 4.15. The second-order valence-electron chi connectivity index (χ2n) is 7.88. The van der Waals surface area contributed by atoms with Crippen molar-refractivity contribution in [3.05, 3.63) is 94.6 Å². The van der Waals surface area contributed by atoms with Crippen LogP contribution in [-0.4, -0.2) is 31.0 Å². The summed E-state index contributed by atoms with van der Waals surface area (Å²) in [6, 6.07) is 18.7. The lowest BCUT2D eigenvalue weighted by molar-refractivity contribution is -0.132. The molecule has 6 nitrogen and oxygen atoms in total. The van der Waals surface area contributed by atoms with Gasteiger partial charge < -0.3 is 14.6 Å². The van der Waals surface area contributed by atoms with Gasteiger partial charge in [0.15, 0.2) is 0 Å². The highest BCUT2D eigenvalue weighted by atomic mass is 16.5. The molecule has 33 heavy (non-hydrogen) atoms. The largest absolute Gasteiger partial charge is 0.507 e. The Balaban J connectivity index is 2.02. The van der Waals surface area contributed by atoms with Crippen LogP contribution in [0.15, 0.2) is 72.3 Å². The Hall–Kier alpha value is -4.06. The Morgan fingerprint density at radius 2 is 1.48 bits per heavy atom. The van der Waals surface area contributed by atoms with E-state index in [0.29, 0.717) is 28.3 Å². The lowest BCUT2D eigenvalue weighted by Crippen LogP contribution is -2.29. The van der Waals surface area contributed by atoms with Gasteiger partial charge >= 0.3 is 0 Å². The summed E-state index contributed by atoms with van der Waals surface area (Å²) in [5, 5.41) is 11.3. The van der Waals surface area contributed by atoms with Gasteiger partial charge in [0.2, 0.25) is 0 Å². The van der Waals surface area contributed by atoms with Gasteiger partial charge in [0, 0.05) is 11.3 Å². The van der Waals surface area contributed by atoms with Crippen molar-refractivity contribution in [2.45, 2.75) is 19.9 Å². The Kier molecular flexibility index (Phi) is 5.92. The maximum atomic E-state index is 13.3. The van der Waals surface area contributed by atoms with E-state index in [1.165, 1.54) is 19.1 Å². The molecule has 1 fully saturated rings. The quantitative estimate of drug-likeness (QED) is 0.343. The van der Waals surface area contributed by atoms with E-state index in [-0.39, 0.29) is 11.3 Å². The highest BCUT2D eigenvalue weighted by molar-refractivity contribution is 6.51. The summed E-state index contributed by atoms with van der Waals surface area (Å²) in [5.41, 5.74) is 3.52. The van der Waals surface area contributed by atoms with E-state index < -0.39 is 17.7 Å². The average molecular weight is 443 g/mol. The standard InChI is InChI=1S/C27H25NO5/c1-16-13-14-18(15-17(16)2)28-24(19-9-5-7-11-21(19)32-3)23(26(30)27(28)31)25(29)20-10-6-8-12-22(20)33-4/h5-15,24,29H,1-4H3/b25-23+. The molecule has 0 aromatic heterocycles. The summed E-state index contributed by atoms with van der Waals surface area (Å²) < 4.78 is 10.9. The zero-order valence-corrected chi connectivity index (χ0v) is 19.0. The molecule has 0 aliphatic carbocycles. The summed E-state index contributed by atoms with van der Waals surface area (Å²) in [6.07, 6.45) is 0. The number of aryl methyl sites for hydroxylation is 2. The number of methoxy groups -OCH3 is 2. The number of carbonyl (C=O) groups excluding carboxylic acids is 2. The van der Waals surface area contributed by atoms with Crippen molar-refractivity contribution in [1.29, 1.82) is 0 Å². The summed E-state index contributed by atoms with van der Waals surface area (Å²) >= 11 is 0. The van der Waals surface area contributed by atoms with Crippen molar-refractivity contribution >= 4 is 23.1 Å². The summed E-state index contributed by atoms with van der Waals surface area (Å²) in [7, 11) is 3.01. The Morgan fingerprint density at radius 1 is 0.848 bits per heavy atom. The van der Waals surface area contributed by atoms with Crippen LogP contribution in [0.5, 0.6) is 11.5 Å². The van der Waals surface area contributed by atoms with Gasteiger partial charge in [-0.15, -0.1) is 0 Å².